The van der Waals surface area contributed by atoms with Crippen molar-refractivity contribution in [3.05, 3.63) is 47.5 Å². The first-order valence-corrected chi connectivity index (χ1v) is 11.4. The fourth-order valence-corrected chi connectivity index (χ4v) is 4.79. The Balaban J connectivity index is 0.000000791. The molecule has 2 fully saturated rings. The first-order valence-electron chi connectivity index (χ1n) is 11.4. The summed E-state index contributed by atoms with van der Waals surface area (Å²) in [4.78, 5) is 0. The third-order valence-electron chi connectivity index (χ3n) is 6.59. The molecule has 0 heteroatoms. The quantitative estimate of drug-likeness (QED) is 0.475. The molecule has 3 rings (SSSR count). The molecule has 0 nitrogen and oxygen atoms in total. The second-order valence-electron chi connectivity index (χ2n) is 7.87. The van der Waals surface area contributed by atoms with Gasteiger partial charge in [-0.3, -0.25) is 0 Å². The number of rotatable bonds is 3. The lowest BCUT2D eigenvalue weighted by atomic mass is 9.68. The lowest BCUT2D eigenvalue weighted by Crippen LogP contribution is -2.25. The molecule has 1 aromatic rings. The Labute approximate surface area is 164 Å². The van der Waals surface area contributed by atoms with E-state index in [-0.39, 0.29) is 0 Å². The predicted molar refractivity (Wildman–Crippen MR) is 119 cm³/mol. The van der Waals surface area contributed by atoms with Crippen LogP contribution in [-0.4, -0.2) is 0 Å². The molecule has 0 N–H and O–H groups in total. The van der Waals surface area contributed by atoms with E-state index in [1.165, 1.54) is 62.5 Å². The molecule has 0 atom stereocenters. The molecule has 0 bridgehead atoms. The summed E-state index contributed by atoms with van der Waals surface area (Å²) in [6, 6.07) is 7.13. The van der Waals surface area contributed by atoms with Crippen LogP contribution in [0.15, 0.2) is 30.9 Å². The average Bonchev–Trinajstić information content (AvgIpc) is 2.73. The zero-order valence-corrected chi connectivity index (χ0v) is 18.5. The van der Waals surface area contributed by atoms with Crippen molar-refractivity contribution in [3.8, 4) is 0 Å². The fourth-order valence-electron chi connectivity index (χ4n) is 4.79. The Morgan fingerprint density at radius 3 is 1.69 bits per heavy atom. The zero-order valence-electron chi connectivity index (χ0n) is 18.5. The van der Waals surface area contributed by atoms with Crippen molar-refractivity contribution in [2.75, 3.05) is 0 Å². The summed E-state index contributed by atoms with van der Waals surface area (Å²) >= 11 is 0. The van der Waals surface area contributed by atoms with E-state index in [2.05, 4.69) is 44.7 Å². The lowest BCUT2D eigenvalue weighted by Gasteiger charge is -2.37. The van der Waals surface area contributed by atoms with Crippen LogP contribution in [0.4, 0.5) is 0 Å². The molecule has 0 spiro atoms. The van der Waals surface area contributed by atoms with Crippen LogP contribution in [0.5, 0.6) is 0 Å². The van der Waals surface area contributed by atoms with Gasteiger partial charge in [0.1, 0.15) is 0 Å². The highest BCUT2D eigenvalue weighted by Gasteiger charge is 2.30. The number of benzene rings is 1. The van der Waals surface area contributed by atoms with Crippen molar-refractivity contribution >= 4 is 0 Å². The Morgan fingerprint density at radius 1 is 0.731 bits per heavy atom. The van der Waals surface area contributed by atoms with E-state index in [9.17, 15) is 0 Å². The molecule has 0 amide bonds. The summed E-state index contributed by atoms with van der Waals surface area (Å²) in [5.41, 5.74) is 4.48. The first kappa shape index (κ1) is 23.0. The number of aryl methyl sites for hydroxylation is 2. The predicted octanol–water partition coefficient (Wildman–Crippen LogP) is 8.62. The minimum absolute atomic E-state index is 0.808. The second kappa shape index (κ2) is 12.4. The van der Waals surface area contributed by atoms with Gasteiger partial charge in [-0.2, -0.15) is 0 Å². The van der Waals surface area contributed by atoms with Gasteiger partial charge in [0.05, 0.1) is 0 Å². The Bertz CT molecular complexity index is 497. The molecular weight excluding hydrogens is 312 g/mol. The molecule has 2 aliphatic rings. The van der Waals surface area contributed by atoms with Gasteiger partial charge in [0.15, 0.2) is 0 Å². The molecule has 0 saturated heterocycles. The smallest absolute Gasteiger partial charge is 0.0162 e. The van der Waals surface area contributed by atoms with Crippen LogP contribution < -0.4 is 0 Å². The van der Waals surface area contributed by atoms with Gasteiger partial charge >= 0.3 is 0 Å². The summed E-state index contributed by atoms with van der Waals surface area (Å²) in [6.45, 7) is 16.4. The molecule has 148 valence electrons. The van der Waals surface area contributed by atoms with Crippen molar-refractivity contribution < 1.29 is 0 Å². The largest absolute Gasteiger partial charge is 0.103 e. The maximum absolute atomic E-state index is 3.98. The summed E-state index contributed by atoms with van der Waals surface area (Å²) in [5, 5.41) is 0. The minimum atomic E-state index is 0.808. The molecular formula is C26H44. The van der Waals surface area contributed by atoms with E-state index in [0.717, 1.165) is 23.7 Å². The highest BCUT2D eigenvalue weighted by atomic mass is 14.4. The standard InChI is InChI=1S/C22H32.2C2H6/c1-4-18-6-9-19(10-7-18)20-11-13-21(14-12-20)22-8-5-16(2)17(3)15-22;2*1-2/h4-5,8,15,18-21H,1,6-7,9-14H2,2-3H3;2*1-2H3. The minimum Gasteiger partial charge on any atom is -0.103 e. The lowest BCUT2D eigenvalue weighted by molar-refractivity contribution is 0.171. The van der Waals surface area contributed by atoms with E-state index in [0.29, 0.717) is 0 Å². The summed E-state index contributed by atoms with van der Waals surface area (Å²) in [5.74, 6) is 3.65. The van der Waals surface area contributed by atoms with Crippen LogP contribution in [0.25, 0.3) is 0 Å². The van der Waals surface area contributed by atoms with Crippen LogP contribution in [0.1, 0.15) is 102 Å². The Kier molecular flexibility index (Phi) is 10.9. The van der Waals surface area contributed by atoms with Crippen LogP contribution in [0.3, 0.4) is 0 Å². The maximum Gasteiger partial charge on any atom is -0.0162 e. The molecule has 0 radical (unpaired) electrons. The van der Waals surface area contributed by atoms with Gasteiger partial charge in [-0.1, -0.05) is 52.0 Å². The van der Waals surface area contributed by atoms with Gasteiger partial charge in [0.25, 0.3) is 0 Å². The highest BCUT2D eigenvalue weighted by Crippen LogP contribution is 2.44. The third-order valence-corrected chi connectivity index (χ3v) is 6.59. The molecule has 0 aliphatic heterocycles. The molecule has 2 saturated carbocycles. The van der Waals surface area contributed by atoms with E-state index in [1.54, 1.807) is 5.56 Å². The van der Waals surface area contributed by atoms with Gasteiger partial charge in [-0.25, -0.2) is 0 Å². The number of hydrogen-bond acceptors (Lipinski definition) is 0. The summed E-state index contributed by atoms with van der Waals surface area (Å²) in [6.07, 6.45) is 13.6. The van der Waals surface area contributed by atoms with Gasteiger partial charge < -0.3 is 0 Å². The van der Waals surface area contributed by atoms with Crippen molar-refractivity contribution in [3.63, 3.8) is 0 Å². The van der Waals surface area contributed by atoms with Crippen LogP contribution in [0, 0.1) is 31.6 Å². The Morgan fingerprint density at radius 2 is 1.23 bits per heavy atom. The van der Waals surface area contributed by atoms with Crippen molar-refractivity contribution in [2.24, 2.45) is 17.8 Å². The molecule has 0 aromatic heterocycles. The van der Waals surface area contributed by atoms with Crippen molar-refractivity contribution in [1.29, 1.82) is 0 Å². The number of hydrogen-bond donors (Lipinski definition) is 0. The molecule has 2 aliphatic carbocycles. The van der Waals surface area contributed by atoms with E-state index in [1.807, 2.05) is 27.7 Å². The molecule has 26 heavy (non-hydrogen) atoms. The van der Waals surface area contributed by atoms with Gasteiger partial charge in [-0.05, 0) is 106 Å². The molecule has 1 aromatic carbocycles. The SMILES string of the molecule is C=CC1CCC(C2CCC(c3ccc(C)c(C)c3)CC2)CC1.CC.CC. The normalized spacial score (nSPS) is 28.1. The van der Waals surface area contributed by atoms with Gasteiger partial charge in [-0.15, -0.1) is 6.58 Å². The van der Waals surface area contributed by atoms with Crippen molar-refractivity contribution in [1.82, 2.24) is 0 Å². The third kappa shape index (κ3) is 6.29. The molecule has 0 unspecified atom stereocenters. The van der Waals surface area contributed by atoms with E-state index in [4.69, 9.17) is 0 Å². The van der Waals surface area contributed by atoms with E-state index < -0.39 is 0 Å². The van der Waals surface area contributed by atoms with Crippen LogP contribution in [0.2, 0.25) is 0 Å². The highest BCUT2D eigenvalue weighted by molar-refractivity contribution is 5.32. The average molecular weight is 357 g/mol. The molecule has 0 heterocycles. The zero-order chi connectivity index (χ0) is 19.5. The first-order chi connectivity index (χ1) is 12.7. The van der Waals surface area contributed by atoms with E-state index >= 15 is 0 Å². The van der Waals surface area contributed by atoms with Crippen LogP contribution in [-0.2, 0) is 0 Å². The summed E-state index contributed by atoms with van der Waals surface area (Å²) in [7, 11) is 0. The van der Waals surface area contributed by atoms with Gasteiger partial charge in [0, 0.05) is 0 Å². The second-order valence-corrected chi connectivity index (χ2v) is 7.87. The fraction of sp³-hybridized carbons (Fsp3) is 0.692. The van der Waals surface area contributed by atoms with Crippen LogP contribution >= 0.6 is 0 Å². The summed E-state index contributed by atoms with van der Waals surface area (Å²) < 4.78 is 0. The van der Waals surface area contributed by atoms with Gasteiger partial charge in [0.2, 0.25) is 0 Å². The topological polar surface area (TPSA) is 0 Å². The van der Waals surface area contributed by atoms with Crippen molar-refractivity contribution in [2.45, 2.75) is 98.8 Å². The monoisotopic (exact) mass is 356 g/mol. The maximum atomic E-state index is 3.98. The Hall–Kier alpha value is -1.04. The number of allylic oxidation sites excluding steroid dienone is 1.